The Morgan fingerprint density at radius 3 is 3.14 bits per heavy atom. The van der Waals surface area contributed by atoms with E-state index in [4.69, 9.17) is 4.98 Å². The molecule has 108 valence electrons. The predicted molar refractivity (Wildman–Crippen MR) is 89.4 cm³/mol. The Hall–Kier alpha value is -1.30. The van der Waals surface area contributed by atoms with Crippen LogP contribution in [0.25, 0.3) is 4.96 Å². The Bertz CT molecular complexity index is 708. The van der Waals surface area contributed by atoms with Crippen LogP contribution in [0.15, 0.2) is 46.9 Å². The summed E-state index contributed by atoms with van der Waals surface area (Å²) in [5.41, 5.74) is 2.66. The molecule has 1 aliphatic heterocycles. The lowest BCUT2D eigenvalue weighted by molar-refractivity contribution is 0.533. The van der Waals surface area contributed by atoms with Crippen molar-refractivity contribution in [1.82, 2.24) is 14.7 Å². The molecule has 0 fully saturated rings. The van der Waals surface area contributed by atoms with Gasteiger partial charge in [0.15, 0.2) is 4.96 Å². The first kappa shape index (κ1) is 13.4. The van der Waals surface area contributed by atoms with E-state index in [9.17, 15) is 0 Å². The quantitative estimate of drug-likeness (QED) is 0.801. The topological polar surface area (TPSA) is 29.3 Å². The van der Waals surface area contributed by atoms with E-state index in [0.717, 1.165) is 17.8 Å². The van der Waals surface area contributed by atoms with E-state index in [0.29, 0.717) is 11.3 Å². The second kappa shape index (κ2) is 5.48. The maximum atomic E-state index is 4.71. The number of nitrogens with zero attached hydrogens (tertiary/aromatic N) is 2. The smallest absolute Gasteiger partial charge is 0.193 e. The summed E-state index contributed by atoms with van der Waals surface area (Å²) in [6.45, 7) is 0. The molecule has 0 amide bonds. The molecule has 3 aromatic rings. The Morgan fingerprint density at radius 1 is 1.43 bits per heavy atom. The van der Waals surface area contributed by atoms with Crippen LogP contribution in [-0.2, 0) is 12.8 Å². The second-order valence-electron chi connectivity index (χ2n) is 5.39. The highest BCUT2D eigenvalue weighted by Gasteiger charge is 2.29. The molecular formula is C16H17N3S2. The number of thioether (sulfide) groups is 1. The molecule has 1 aromatic carbocycles. The van der Waals surface area contributed by atoms with Gasteiger partial charge >= 0.3 is 0 Å². The predicted octanol–water partition coefficient (Wildman–Crippen LogP) is 3.24. The zero-order chi connectivity index (χ0) is 14.2. The fourth-order valence-corrected chi connectivity index (χ4v) is 5.12. The maximum absolute atomic E-state index is 4.71. The lowest BCUT2D eigenvalue weighted by Crippen LogP contribution is -2.37. The third kappa shape index (κ3) is 2.50. The molecule has 1 aliphatic rings. The number of benzene rings is 1. The largest absolute Gasteiger partial charge is 0.315 e. The van der Waals surface area contributed by atoms with Crippen LogP contribution in [0.3, 0.4) is 0 Å². The minimum Gasteiger partial charge on any atom is -0.315 e. The number of thiazole rings is 1. The monoisotopic (exact) mass is 315 g/mol. The summed E-state index contributed by atoms with van der Waals surface area (Å²) < 4.78 is 2.11. The first-order valence-electron chi connectivity index (χ1n) is 7.16. The summed E-state index contributed by atoms with van der Waals surface area (Å²) in [4.78, 5) is 7.24. The lowest BCUT2D eigenvalue weighted by Gasteiger charge is -2.21. The van der Waals surface area contributed by atoms with Gasteiger partial charge in [-0.25, -0.2) is 4.98 Å². The van der Waals surface area contributed by atoms with Crippen LogP contribution < -0.4 is 5.32 Å². The van der Waals surface area contributed by atoms with Gasteiger partial charge in [0.1, 0.15) is 0 Å². The molecule has 0 saturated carbocycles. The summed E-state index contributed by atoms with van der Waals surface area (Å²) in [5, 5.41) is 6.16. The Morgan fingerprint density at radius 2 is 2.33 bits per heavy atom. The Balaban J connectivity index is 1.52. The molecule has 0 aliphatic carbocycles. The van der Waals surface area contributed by atoms with Gasteiger partial charge in [-0.2, -0.15) is 0 Å². The third-order valence-electron chi connectivity index (χ3n) is 4.06. The van der Waals surface area contributed by atoms with Crippen LogP contribution in [0.2, 0.25) is 0 Å². The molecule has 2 aromatic heterocycles. The first-order valence-corrected chi connectivity index (χ1v) is 8.92. The summed E-state index contributed by atoms with van der Waals surface area (Å²) >= 11 is 3.69. The third-order valence-corrected chi connectivity index (χ3v) is 6.28. The van der Waals surface area contributed by atoms with Crippen molar-refractivity contribution >= 4 is 28.1 Å². The van der Waals surface area contributed by atoms with Crippen molar-refractivity contribution in [2.24, 2.45) is 0 Å². The zero-order valence-electron chi connectivity index (χ0n) is 11.8. The summed E-state index contributed by atoms with van der Waals surface area (Å²) in [7, 11) is 2.06. The van der Waals surface area contributed by atoms with Gasteiger partial charge in [-0.05, 0) is 25.1 Å². The van der Waals surface area contributed by atoms with E-state index >= 15 is 0 Å². The van der Waals surface area contributed by atoms with E-state index in [-0.39, 0.29) is 0 Å². The molecule has 0 spiro atoms. The van der Waals surface area contributed by atoms with E-state index in [1.165, 1.54) is 16.2 Å². The van der Waals surface area contributed by atoms with Crippen molar-refractivity contribution in [3.8, 4) is 0 Å². The molecular weight excluding hydrogens is 298 g/mol. The highest BCUT2D eigenvalue weighted by molar-refractivity contribution is 8.00. The average molecular weight is 315 g/mol. The van der Waals surface area contributed by atoms with Crippen LogP contribution in [0, 0.1) is 0 Å². The molecule has 0 bridgehead atoms. The average Bonchev–Trinajstić information content (AvgIpc) is 3.17. The van der Waals surface area contributed by atoms with Crippen molar-refractivity contribution in [2.45, 2.75) is 29.0 Å². The molecule has 21 heavy (non-hydrogen) atoms. The minimum absolute atomic E-state index is 0.451. The number of hydrogen-bond donors (Lipinski definition) is 1. The van der Waals surface area contributed by atoms with Gasteiger partial charge < -0.3 is 5.32 Å². The van der Waals surface area contributed by atoms with Gasteiger partial charge in [0.25, 0.3) is 0 Å². The molecule has 2 atom stereocenters. The lowest BCUT2D eigenvalue weighted by atomic mass is 10.0. The standard InChI is InChI=1S/C16H17N3S2/c1-17-13(9-12-10-19-6-7-20-16(19)18-12)15-8-11-4-2-3-5-14(11)21-15/h2-7,10,13,15,17H,8-9H2,1H3. The molecule has 3 nitrogen and oxygen atoms in total. The first-order chi connectivity index (χ1) is 10.3. The fraction of sp³-hybridized carbons (Fsp3) is 0.312. The number of rotatable bonds is 4. The Kier molecular flexibility index (Phi) is 3.49. The number of hydrogen-bond acceptors (Lipinski definition) is 4. The van der Waals surface area contributed by atoms with Gasteiger partial charge in [0.05, 0.1) is 5.69 Å². The van der Waals surface area contributed by atoms with Gasteiger partial charge in [0.2, 0.25) is 0 Å². The highest BCUT2D eigenvalue weighted by Crippen LogP contribution is 2.38. The van der Waals surface area contributed by atoms with Crippen molar-refractivity contribution in [1.29, 1.82) is 0 Å². The van der Waals surface area contributed by atoms with Gasteiger partial charge in [-0.1, -0.05) is 18.2 Å². The molecule has 4 rings (SSSR count). The van der Waals surface area contributed by atoms with E-state index in [1.807, 2.05) is 11.8 Å². The summed E-state index contributed by atoms with van der Waals surface area (Å²) in [5.74, 6) is 0. The highest BCUT2D eigenvalue weighted by atomic mass is 32.2. The van der Waals surface area contributed by atoms with Crippen LogP contribution >= 0.6 is 23.1 Å². The number of aromatic nitrogens is 2. The van der Waals surface area contributed by atoms with Crippen LogP contribution in [0.1, 0.15) is 11.3 Å². The van der Waals surface area contributed by atoms with Crippen molar-refractivity contribution in [3.05, 3.63) is 53.3 Å². The van der Waals surface area contributed by atoms with Gasteiger partial charge in [-0.15, -0.1) is 23.1 Å². The van der Waals surface area contributed by atoms with Crippen LogP contribution in [-0.4, -0.2) is 27.7 Å². The zero-order valence-corrected chi connectivity index (χ0v) is 13.5. The summed E-state index contributed by atoms with van der Waals surface area (Å²) in [6.07, 6.45) is 6.36. The number of imidazole rings is 1. The van der Waals surface area contributed by atoms with Gasteiger partial charge in [-0.3, -0.25) is 4.40 Å². The van der Waals surface area contributed by atoms with E-state index < -0.39 is 0 Å². The Labute approximate surface area is 132 Å². The minimum atomic E-state index is 0.451. The van der Waals surface area contributed by atoms with Crippen LogP contribution in [0.4, 0.5) is 0 Å². The fourth-order valence-electron chi connectivity index (χ4n) is 2.95. The second-order valence-corrected chi connectivity index (χ2v) is 7.55. The normalized spacial score (nSPS) is 19.0. The van der Waals surface area contributed by atoms with E-state index in [1.54, 1.807) is 11.3 Å². The molecule has 0 saturated heterocycles. The van der Waals surface area contributed by atoms with Crippen molar-refractivity contribution in [3.63, 3.8) is 0 Å². The molecule has 5 heteroatoms. The molecule has 2 unspecified atom stereocenters. The van der Waals surface area contributed by atoms with Crippen molar-refractivity contribution in [2.75, 3.05) is 7.05 Å². The van der Waals surface area contributed by atoms with Gasteiger partial charge in [0, 0.05) is 40.4 Å². The van der Waals surface area contributed by atoms with Crippen molar-refractivity contribution < 1.29 is 0 Å². The number of nitrogens with one attached hydrogen (secondary N) is 1. The number of likely N-dealkylation sites (N-methyl/N-ethyl adjacent to an activating group) is 1. The summed E-state index contributed by atoms with van der Waals surface area (Å²) in [6, 6.07) is 9.21. The molecule has 0 radical (unpaired) electrons. The van der Waals surface area contributed by atoms with Crippen LogP contribution in [0.5, 0.6) is 0 Å². The number of fused-ring (bicyclic) bond motifs is 2. The molecule has 1 N–H and O–H groups in total. The van der Waals surface area contributed by atoms with E-state index in [2.05, 4.69) is 58.8 Å². The SMILES string of the molecule is CNC(Cc1cn2ccsc2n1)C1Cc2ccccc2S1. The molecule has 3 heterocycles. The maximum Gasteiger partial charge on any atom is 0.193 e.